The van der Waals surface area contributed by atoms with Gasteiger partial charge in [0.15, 0.2) is 0 Å². The number of ether oxygens (including phenoxy) is 2. The Labute approximate surface area is 197 Å². The fourth-order valence-electron chi connectivity index (χ4n) is 3.73. The average molecular weight is 502 g/mol. The van der Waals surface area contributed by atoms with Gasteiger partial charge in [0, 0.05) is 23.7 Å². The fourth-order valence-corrected chi connectivity index (χ4v) is 4.00. The van der Waals surface area contributed by atoms with E-state index >= 15 is 0 Å². The summed E-state index contributed by atoms with van der Waals surface area (Å²) in [4.78, 5) is 27.3. The van der Waals surface area contributed by atoms with E-state index in [-0.39, 0.29) is 24.5 Å². The van der Waals surface area contributed by atoms with Gasteiger partial charge in [-0.2, -0.15) is 0 Å². The number of carbonyl (C=O) groups is 2. The Balaban J connectivity index is 2.04. The highest BCUT2D eigenvalue weighted by molar-refractivity contribution is 9.10. The molecule has 0 radical (unpaired) electrons. The van der Waals surface area contributed by atoms with Gasteiger partial charge in [-0.3, -0.25) is 9.59 Å². The molecule has 0 aromatic heterocycles. The number of amides is 1. The Hall–Kier alpha value is -2.64. The molecule has 1 fully saturated rings. The highest BCUT2D eigenvalue weighted by Gasteiger charge is 2.45. The molecule has 0 aliphatic carbocycles. The van der Waals surface area contributed by atoms with Crippen LogP contribution >= 0.6 is 15.9 Å². The van der Waals surface area contributed by atoms with Crippen molar-refractivity contribution in [2.24, 2.45) is 0 Å². The van der Waals surface area contributed by atoms with Crippen molar-refractivity contribution >= 4 is 33.4 Å². The maximum Gasteiger partial charge on any atom is 0.295 e. The van der Waals surface area contributed by atoms with E-state index in [0.29, 0.717) is 12.2 Å². The van der Waals surface area contributed by atoms with Crippen LogP contribution in [0.3, 0.4) is 0 Å². The molecule has 1 atom stereocenters. The minimum absolute atomic E-state index is 0.0764. The van der Waals surface area contributed by atoms with Gasteiger partial charge >= 0.3 is 0 Å². The summed E-state index contributed by atoms with van der Waals surface area (Å²) in [7, 11) is 1.54. The number of hydrogen-bond donors (Lipinski definition) is 1. The van der Waals surface area contributed by atoms with Gasteiger partial charge in [-0.25, -0.2) is 0 Å². The molecule has 2 aromatic carbocycles. The number of Topliss-reactive ketones (excluding diaryl/α,β-unsaturated/α-hetero) is 1. The number of carbonyl (C=O) groups excluding carboxylic acids is 2. The van der Waals surface area contributed by atoms with E-state index in [1.165, 1.54) is 12.0 Å². The van der Waals surface area contributed by atoms with Crippen LogP contribution in [-0.4, -0.2) is 48.6 Å². The monoisotopic (exact) mass is 501 g/mol. The third kappa shape index (κ3) is 5.05. The zero-order chi connectivity index (χ0) is 23.3. The fraction of sp³-hybridized carbons (Fsp3) is 0.360. The zero-order valence-corrected chi connectivity index (χ0v) is 20.1. The number of ketones is 1. The number of unbranched alkanes of at least 4 members (excludes halogenated alkanes) is 1. The molecule has 6 nitrogen and oxygen atoms in total. The summed E-state index contributed by atoms with van der Waals surface area (Å²) >= 11 is 3.41. The second kappa shape index (κ2) is 10.8. The average Bonchev–Trinajstić information content (AvgIpc) is 3.03. The summed E-state index contributed by atoms with van der Waals surface area (Å²) in [6.45, 7) is 5.13. The van der Waals surface area contributed by atoms with E-state index in [1.807, 2.05) is 31.2 Å². The first-order valence-corrected chi connectivity index (χ1v) is 11.4. The van der Waals surface area contributed by atoms with Crippen LogP contribution in [0.25, 0.3) is 5.76 Å². The lowest BCUT2D eigenvalue weighted by Crippen LogP contribution is -2.32. The van der Waals surface area contributed by atoms with Gasteiger partial charge in [0.05, 0.1) is 24.8 Å². The van der Waals surface area contributed by atoms with E-state index in [0.717, 1.165) is 34.2 Å². The standard InChI is InChI=1S/C25H28BrNO5/c1-4-5-13-32-20-11-8-18(15-16(20)2)23(28)21-22(17-6-9-19(26)10-7-17)27(12-14-31-3)25(30)24(21)29/h6-11,15,22,28H,4-5,12-14H2,1-3H3/b23-21+/t22-/m0/s1. The smallest absolute Gasteiger partial charge is 0.295 e. The summed E-state index contributed by atoms with van der Waals surface area (Å²) in [6.07, 6.45) is 2.00. The van der Waals surface area contributed by atoms with E-state index in [9.17, 15) is 14.7 Å². The summed E-state index contributed by atoms with van der Waals surface area (Å²) in [5.74, 6) is -0.806. The summed E-state index contributed by atoms with van der Waals surface area (Å²) in [5, 5.41) is 11.2. The number of halogens is 1. The minimum atomic E-state index is -0.701. The van der Waals surface area contributed by atoms with Gasteiger partial charge < -0.3 is 19.5 Å². The van der Waals surface area contributed by atoms with Crippen molar-refractivity contribution in [3.05, 3.63) is 69.2 Å². The van der Waals surface area contributed by atoms with Gasteiger partial charge in [0.1, 0.15) is 11.5 Å². The molecule has 3 rings (SSSR count). The molecule has 7 heteroatoms. The molecule has 2 aromatic rings. The van der Waals surface area contributed by atoms with Crippen LogP contribution in [0.15, 0.2) is 52.5 Å². The molecule has 0 saturated carbocycles. The molecular weight excluding hydrogens is 474 g/mol. The van der Waals surface area contributed by atoms with Crippen LogP contribution in [0.2, 0.25) is 0 Å². The minimum Gasteiger partial charge on any atom is -0.507 e. The predicted octanol–water partition coefficient (Wildman–Crippen LogP) is 5.00. The van der Waals surface area contributed by atoms with Crippen LogP contribution in [-0.2, 0) is 14.3 Å². The second-order valence-corrected chi connectivity index (χ2v) is 8.63. The number of rotatable bonds is 9. The Bertz CT molecular complexity index is 1020. The van der Waals surface area contributed by atoms with Crippen molar-refractivity contribution in [1.82, 2.24) is 4.90 Å². The summed E-state index contributed by atoms with van der Waals surface area (Å²) in [5.41, 5.74) is 2.13. The van der Waals surface area contributed by atoms with E-state index in [1.54, 1.807) is 18.2 Å². The molecule has 0 unspecified atom stereocenters. The van der Waals surface area contributed by atoms with Crippen LogP contribution in [0.4, 0.5) is 0 Å². The molecule has 1 saturated heterocycles. The molecule has 0 spiro atoms. The Morgan fingerprint density at radius 1 is 1.12 bits per heavy atom. The lowest BCUT2D eigenvalue weighted by molar-refractivity contribution is -0.140. The molecule has 1 aliphatic rings. The highest BCUT2D eigenvalue weighted by atomic mass is 79.9. The zero-order valence-electron chi connectivity index (χ0n) is 18.6. The van der Waals surface area contributed by atoms with Crippen molar-refractivity contribution < 1.29 is 24.2 Å². The van der Waals surface area contributed by atoms with Crippen molar-refractivity contribution in [2.45, 2.75) is 32.7 Å². The quantitative estimate of drug-likeness (QED) is 0.226. The van der Waals surface area contributed by atoms with Crippen molar-refractivity contribution in [1.29, 1.82) is 0 Å². The maximum absolute atomic E-state index is 13.0. The van der Waals surface area contributed by atoms with Gasteiger partial charge in [-0.15, -0.1) is 0 Å². The molecule has 32 heavy (non-hydrogen) atoms. The third-order valence-electron chi connectivity index (χ3n) is 5.47. The van der Waals surface area contributed by atoms with Gasteiger partial charge in [0.25, 0.3) is 11.7 Å². The normalized spacial score (nSPS) is 17.8. The second-order valence-electron chi connectivity index (χ2n) is 7.72. The SMILES string of the molecule is CCCCOc1ccc(/C(O)=C2\C(=O)C(=O)N(CCOC)[C@H]2c2ccc(Br)cc2)cc1C. The lowest BCUT2D eigenvalue weighted by atomic mass is 9.95. The summed E-state index contributed by atoms with van der Waals surface area (Å²) < 4.78 is 11.8. The van der Waals surface area contributed by atoms with Crippen molar-refractivity contribution in [2.75, 3.05) is 26.9 Å². The van der Waals surface area contributed by atoms with Crippen molar-refractivity contribution in [3.8, 4) is 5.75 Å². The predicted molar refractivity (Wildman–Crippen MR) is 127 cm³/mol. The molecule has 1 amide bonds. The third-order valence-corrected chi connectivity index (χ3v) is 5.99. The molecular formula is C25H28BrNO5. The molecule has 1 heterocycles. The first-order valence-electron chi connectivity index (χ1n) is 10.7. The number of methoxy groups -OCH3 is 1. The van der Waals surface area contributed by atoms with Gasteiger partial charge in [-0.05, 0) is 54.8 Å². The van der Waals surface area contributed by atoms with Gasteiger partial charge in [0.2, 0.25) is 0 Å². The van der Waals surface area contributed by atoms with Crippen LogP contribution in [0.5, 0.6) is 5.75 Å². The van der Waals surface area contributed by atoms with Crippen molar-refractivity contribution in [3.63, 3.8) is 0 Å². The molecule has 1 N–H and O–H groups in total. The Morgan fingerprint density at radius 3 is 2.47 bits per heavy atom. The van der Waals surface area contributed by atoms with Crippen LogP contribution in [0, 0.1) is 6.92 Å². The number of aryl methyl sites for hydroxylation is 1. The topological polar surface area (TPSA) is 76.1 Å². The number of aliphatic hydroxyl groups excluding tert-OH is 1. The molecule has 0 bridgehead atoms. The van der Waals surface area contributed by atoms with E-state index < -0.39 is 17.7 Å². The van der Waals surface area contributed by atoms with Crippen LogP contribution in [0.1, 0.15) is 42.5 Å². The summed E-state index contributed by atoms with van der Waals surface area (Å²) in [6, 6.07) is 11.9. The number of hydrogen-bond acceptors (Lipinski definition) is 5. The lowest BCUT2D eigenvalue weighted by Gasteiger charge is -2.25. The first-order chi connectivity index (χ1) is 15.4. The number of benzene rings is 2. The number of nitrogens with zero attached hydrogens (tertiary/aromatic N) is 1. The Morgan fingerprint density at radius 2 is 1.84 bits per heavy atom. The van der Waals surface area contributed by atoms with Gasteiger partial charge in [-0.1, -0.05) is 41.4 Å². The van der Waals surface area contributed by atoms with E-state index in [4.69, 9.17) is 9.47 Å². The number of aliphatic hydroxyl groups is 1. The number of likely N-dealkylation sites (tertiary alicyclic amines) is 1. The van der Waals surface area contributed by atoms with E-state index in [2.05, 4.69) is 22.9 Å². The highest BCUT2D eigenvalue weighted by Crippen LogP contribution is 2.40. The largest absolute Gasteiger partial charge is 0.507 e. The Kier molecular flexibility index (Phi) is 8.10. The molecule has 170 valence electrons. The molecule has 1 aliphatic heterocycles. The maximum atomic E-state index is 13.0. The van der Waals surface area contributed by atoms with Crippen LogP contribution < -0.4 is 4.74 Å². The first kappa shape index (κ1) is 24.0.